The largest absolute Gasteiger partial charge is 0.426 e. The van der Waals surface area contributed by atoms with E-state index in [4.69, 9.17) is 4.74 Å². The fraction of sp³-hybridized carbons (Fsp3) is 0.100. The lowest BCUT2D eigenvalue weighted by Crippen LogP contribution is -1.91. The van der Waals surface area contributed by atoms with E-state index in [1.165, 1.54) is 0 Å². The summed E-state index contributed by atoms with van der Waals surface area (Å²) >= 11 is 0. The standard InChI is InChI=1S/C10H8O2/c11-10-7-8-5-3-1-2-4-6-9(8)12-10/h1-6H,7H2/b2-1-,3-1?,4-2?,5-3-,6-4-,8-5?,9-6?. The molecule has 1 heterocycles. The molecule has 0 N–H and O–H groups in total. The zero-order valence-corrected chi connectivity index (χ0v) is 6.49. The number of hydrogen-bond acceptors (Lipinski definition) is 2. The van der Waals surface area contributed by atoms with Crippen LogP contribution in [0.4, 0.5) is 0 Å². The van der Waals surface area contributed by atoms with Gasteiger partial charge in [-0.3, -0.25) is 4.79 Å². The summed E-state index contributed by atoms with van der Waals surface area (Å²) in [7, 11) is 0. The second-order valence-electron chi connectivity index (χ2n) is 2.64. The maximum absolute atomic E-state index is 10.9. The molecule has 1 aliphatic carbocycles. The normalized spacial score (nSPS) is 28.5. The molecule has 0 spiro atoms. The van der Waals surface area contributed by atoms with Crippen LogP contribution in [0, 0.1) is 0 Å². The van der Waals surface area contributed by atoms with Crippen LogP contribution < -0.4 is 0 Å². The van der Waals surface area contributed by atoms with Crippen LogP contribution in [-0.4, -0.2) is 5.97 Å². The average molecular weight is 160 g/mol. The minimum absolute atomic E-state index is 0.170. The number of carbonyl (C=O) groups excluding carboxylic acids is 1. The van der Waals surface area contributed by atoms with Crippen molar-refractivity contribution in [3.63, 3.8) is 0 Å². The van der Waals surface area contributed by atoms with Crippen LogP contribution in [0.5, 0.6) is 0 Å². The van der Waals surface area contributed by atoms with Crippen molar-refractivity contribution in [1.82, 2.24) is 0 Å². The van der Waals surface area contributed by atoms with Crippen LogP contribution in [0.2, 0.25) is 0 Å². The van der Waals surface area contributed by atoms with Crippen molar-refractivity contribution in [2.75, 3.05) is 0 Å². The SMILES string of the molecule is O=C1CC2=C(\C=C/C=C\C=C/2)O1. The molecule has 0 unspecified atom stereocenters. The van der Waals surface area contributed by atoms with Gasteiger partial charge in [-0.05, 0) is 6.08 Å². The first-order valence-corrected chi connectivity index (χ1v) is 3.81. The highest BCUT2D eigenvalue weighted by Gasteiger charge is 2.19. The molecule has 12 heavy (non-hydrogen) atoms. The minimum atomic E-state index is -0.170. The Kier molecular flexibility index (Phi) is 1.67. The highest BCUT2D eigenvalue weighted by atomic mass is 16.5. The summed E-state index contributed by atoms with van der Waals surface area (Å²) in [5, 5.41) is 0. The van der Waals surface area contributed by atoms with Crippen LogP contribution >= 0.6 is 0 Å². The Labute approximate surface area is 70.5 Å². The number of ether oxygens (including phenoxy) is 1. The van der Waals surface area contributed by atoms with Gasteiger partial charge in [-0.25, -0.2) is 0 Å². The van der Waals surface area contributed by atoms with Crippen LogP contribution in [0.3, 0.4) is 0 Å². The van der Waals surface area contributed by atoms with E-state index in [0.717, 1.165) is 5.57 Å². The van der Waals surface area contributed by atoms with Gasteiger partial charge in [0.25, 0.3) is 0 Å². The topological polar surface area (TPSA) is 26.3 Å². The zero-order chi connectivity index (χ0) is 8.39. The monoisotopic (exact) mass is 160 g/mol. The molecule has 0 saturated heterocycles. The molecule has 0 radical (unpaired) electrons. The van der Waals surface area contributed by atoms with E-state index in [2.05, 4.69) is 0 Å². The van der Waals surface area contributed by atoms with Gasteiger partial charge in [0, 0.05) is 5.57 Å². The number of carbonyl (C=O) groups is 1. The lowest BCUT2D eigenvalue weighted by atomic mass is 10.1. The van der Waals surface area contributed by atoms with Gasteiger partial charge < -0.3 is 4.74 Å². The number of allylic oxidation sites excluding steroid dienone is 6. The highest BCUT2D eigenvalue weighted by molar-refractivity contribution is 5.79. The van der Waals surface area contributed by atoms with E-state index in [-0.39, 0.29) is 5.97 Å². The lowest BCUT2D eigenvalue weighted by molar-refractivity contribution is -0.136. The minimum Gasteiger partial charge on any atom is -0.426 e. The van der Waals surface area contributed by atoms with Crippen molar-refractivity contribution in [2.45, 2.75) is 6.42 Å². The van der Waals surface area contributed by atoms with E-state index in [9.17, 15) is 4.79 Å². The Morgan fingerprint density at radius 3 is 2.67 bits per heavy atom. The van der Waals surface area contributed by atoms with Gasteiger partial charge in [0.1, 0.15) is 5.76 Å². The van der Waals surface area contributed by atoms with Crippen molar-refractivity contribution in [1.29, 1.82) is 0 Å². The van der Waals surface area contributed by atoms with E-state index in [1.807, 2.05) is 30.4 Å². The first-order valence-electron chi connectivity index (χ1n) is 3.81. The predicted octanol–water partition coefficient (Wildman–Crippen LogP) is 1.87. The summed E-state index contributed by atoms with van der Waals surface area (Å²) in [4.78, 5) is 10.9. The molecule has 0 aromatic carbocycles. The van der Waals surface area contributed by atoms with Gasteiger partial charge in [0.2, 0.25) is 0 Å². The summed E-state index contributed by atoms with van der Waals surface area (Å²) in [6.07, 6.45) is 11.7. The highest BCUT2D eigenvalue weighted by Crippen LogP contribution is 2.23. The van der Waals surface area contributed by atoms with Gasteiger partial charge in [-0.2, -0.15) is 0 Å². The Morgan fingerprint density at radius 2 is 1.83 bits per heavy atom. The molecule has 0 aromatic rings. The maximum atomic E-state index is 10.9. The number of hydrogen-bond donors (Lipinski definition) is 0. The van der Waals surface area contributed by atoms with Crippen LogP contribution in [0.25, 0.3) is 0 Å². The first-order chi connectivity index (χ1) is 5.86. The summed E-state index contributed by atoms with van der Waals surface area (Å²) in [5.41, 5.74) is 0.959. The molecule has 2 rings (SSSR count). The second kappa shape index (κ2) is 2.81. The molecule has 2 aliphatic rings. The fourth-order valence-electron chi connectivity index (χ4n) is 1.19. The zero-order valence-electron chi connectivity index (χ0n) is 6.49. The van der Waals surface area contributed by atoms with E-state index in [0.29, 0.717) is 12.2 Å². The Hall–Kier alpha value is -1.57. The molecular weight excluding hydrogens is 152 g/mol. The average Bonchev–Trinajstić information content (AvgIpc) is 2.32. The Bertz CT molecular complexity index is 300. The smallest absolute Gasteiger partial charge is 0.315 e. The Balaban J connectivity index is 2.35. The molecule has 0 saturated carbocycles. The van der Waals surface area contributed by atoms with E-state index < -0.39 is 0 Å². The Morgan fingerprint density at radius 1 is 1.08 bits per heavy atom. The van der Waals surface area contributed by atoms with Crippen molar-refractivity contribution in [2.24, 2.45) is 0 Å². The van der Waals surface area contributed by atoms with E-state index in [1.54, 1.807) is 6.08 Å². The van der Waals surface area contributed by atoms with Gasteiger partial charge in [0.15, 0.2) is 0 Å². The number of rotatable bonds is 0. The molecule has 0 atom stereocenters. The van der Waals surface area contributed by atoms with Gasteiger partial charge >= 0.3 is 5.97 Å². The van der Waals surface area contributed by atoms with Crippen LogP contribution in [0.1, 0.15) is 6.42 Å². The number of esters is 1. The van der Waals surface area contributed by atoms with Crippen molar-refractivity contribution >= 4 is 5.97 Å². The molecule has 0 fully saturated rings. The second-order valence-corrected chi connectivity index (χ2v) is 2.64. The molecule has 2 heteroatoms. The predicted molar refractivity (Wildman–Crippen MR) is 45.2 cm³/mol. The van der Waals surface area contributed by atoms with E-state index >= 15 is 0 Å². The van der Waals surface area contributed by atoms with Crippen LogP contribution in [-0.2, 0) is 9.53 Å². The van der Waals surface area contributed by atoms with Gasteiger partial charge in [-0.15, -0.1) is 0 Å². The first kappa shape index (κ1) is 7.10. The van der Waals surface area contributed by atoms with Crippen molar-refractivity contribution < 1.29 is 9.53 Å². The summed E-state index contributed by atoms with van der Waals surface area (Å²) < 4.78 is 4.97. The summed E-state index contributed by atoms with van der Waals surface area (Å²) in [6, 6.07) is 0. The third kappa shape index (κ3) is 1.23. The van der Waals surface area contributed by atoms with Crippen LogP contribution in [0.15, 0.2) is 47.8 Å². The molecule has 1 aliphatic heterocycles. The molecule has 0 amide bonds. The quantitative estimate of drug-likeness (QED) is 0.505. The van der Waals surface area contributed by atoms with Gasteiger partial charge in [-0.1, -0.05) is 30.4 Å². The third-order valence-corrected chi connectivity index (χ3v) is 1.75. The maximum Gasteiger partial charge on any atom is 0.315 e. The van der Waals surface area contributed by atoms with Crippen molar-refractivity contribution in [3.8, 4) is 0 Å². The third-order valence-electron chi connectivity index (χ3n) is 1.75. The van der Waals surface area contributed by atoms with Crippen molar-refractivity contribution in [3.05, 3.63) is 47.8 Å². The fourth-order valence-corrected chi connectivity index (χ4v) is 1.19. The molecular formula is C10H8O2. The molecule has 0 bridgehead atoms. The summed E-state index contributed by atoms with van der Waals surface area (Å²) in [5.74, 6) is 0.511. The molecule has 60 valence electrons. The molecule has 0 aromatic heterocycles. The van der Waals surface area contributed by atoms with Gasteiger partial charge in [0.05, 0.1) is 6.42 Å². The summed E-state index contributed by atoms with van der Waals surface area (Å²) in [6.45, 7) is 0. The lowest BCUT2D eigenvalue weighted by Gasteiger charge is -1.95. The molecule has 2 nitrogen and oxygen atoms in total.